The molecule has 0 saturated carbocycles. The zero-order chi connectivity index (χ0) is 17.9. The van der Waals surface area contributed by atoms with Gasteiger partial charge in [0.1, 0.15) is 0 Å². The lowest BCUT2D eigenvalue weighted by Gasteiger charge is -2.31. The van der Waals surface area contributed by atoms with Gasteiger partial charge in [0.2, 0.25) is 15.9 Å². The minimum Gasteiger partial charge on any atom is -0.326 e. The first kappa shape index (κ1) is 17.6. The molecule has 1 atom stereocenters. The average Bonchev–Trinajstić information content (AvgIpc) is 2.62. The number of anilines is 1. The molecule has 2 aromatic carbocycles. The van der Waals surface area contributed by atoms with Gasteiger partial charge in [-0.1, -0.05) is 30.3 Å². The first-order valence-corrected chi connectivity index (χ1v) is 9.83. The van der Waals surface area contributed by atoms with E-state index in [1.165, 1.54) is 4.31 Å². The normalized spacial score (nSPS) is 18.7. The fourth-order valence-corrected chi connectivity index (χ4v) is 4.63. The van der Waals surface area contributed by atoms with Crippen LogP contribution in [0.5, 0.6) is 0 Å². The van der Waals surface area contributed by atoms with Gasteiger partial charge in [0.15, 0.2) is 0 Å². The third kappa shape index (κ3) is 4.08. The standard InChI is InChI=1S/C19H22N2O3S/c1-15-7-5-9-17(13-15)20-19(22)16-8-6-12-21(14-16)25(23,24)18-10-3-2-4-11-18/h2-5,7,9-11,13,16H,6,8,12,14H2,1H3,(H,20,22)/t16-/m0/s1. The Morgan fingerprint density at radius 2 is 1.88 bits per heavy atom. The summed E-state index contributed by atoms with van der Waals surface area (Å²) >= 11 is 0. The molecule has 6 heteroatoms. The molecule has 1 fully saturated rings. The highest BCUT2D eigenvalue weighted by Gasteiger charge is 2.33. The molecule has 1 N–H and O–H groups in total. The zero-order valence-corrected chi connectivity index (χ0v) is 15.0. The molecule has 1 aliphatic heterocycles. The summed E-state index contributed by atoms with van der Waals surface area (Å²) in [5, 5.41) is 2.90. The van der Waals surface area contributed by atoms with Crippen molar-refractivity contribution in [3.8, 4) is 0 Å². The molecular formula is C19H22N2O3S. The Labute approximate surface area is 148 Å². The molecule has 0 aromatic heterocycles. The number of sulfonamides is 1. The summed E-state index contributed by atoms with van der Waals surface area (Å²) in [6.45, 7) is 2.63. The molecule has 1 aliphatic rings. The van der Waals surface area contributed by atoms with Crippen LogP contribution in [0.3, 0.4) is 0 Å². The van der Waals surface area contributed by atoms with Gasteiger partial charge >= 0.3 is 0 Å². The summed E-state index contributed by atoms with van der Waals surface area (Å²) in [7, 11) is -3.55. The highest BCUT2D eigenvalue weighted by molar-refractivity contribution is 7.89. The summed E-state index contributed by atoms with van der Waals surface area (Å²) < 4.78 is 26.9. The van der Waals surface area contributed by atoms with E-state index in [0.717, 1.165) is 11.3 Å². The van der Waals surface area contributed by atoms with E-state index in [-0.39, 0.29) is 23.3 Å². The van der Waals surface area contributed by atoms with Crippen LogP contribution >= 0.6 is 0 Å². The van der Waals surface area contributed by atoms with Crippen molar-refractivity contribution >= 4 is 21.6 Å². The maximum Gasteiger partial charge on any atom is 0.243 e. The fraction of sp³-hybridized carbons (Fsp3) is 0.316. The molecule has 3 rings (SSSR count). The van der Waals surface area contributed by atoms with Crippen LogP contribution in [0.1, 0.15) is 18.4 Å². The lowest BCUT2D eigenvalue weighted by molar-refractivity contribution is -0.120. The summed E-state index contributed by atoms with van der Waals surface area (Å²) in [5.41, 5.74) is 1.81. The molecule has 0 spiro atoms. The van der Waals surface area contributed by atoms with Crippen LogP contribution in [0.4, 0.5) is 5.69 Å². The highest BCUT2D eigenvalue weighted by Crippen LogP contribution is 2.24. The number of aryl methyl sites for hydroxylation is 1. The Morgan fingerprint density at radius 3 is 2.60 bits per heavy atom. The van der Waals surface area contributed by atoms with Crippen LogP contribution in [0.25, 0.3) is 0 Å². The van der Waals surface area contributed by atoms with Gasteiger partial charge in [-0.05, 0) is 49.6 Å². The van der Waals surface area contributed by atoms with Gasteiger partial charge in [-0.25, -0.2) is 8.42 Å². The Morgan fingerprint density at radius 1 is 1.12 bits per heavy atom. The lowest BCUT2D eigenvalue weighted by atomic mass is 9.98. The number of carbonyl (C=O) groups excluding carboxylic acids is 1. The van der Waals surface area contributed by atoms with Gasteiger partial charge in [-0.2, -0.15) is 4.31 Å². The third-order valence-corrected chi connectivity index (χ3v) is 6.30. The molecule has 1 saturated heterocycles. The van der Waals surface area contributed by atoms with Crippen LogP contribution in [0, 0.1) is 12.8 Å². The first-order valence-electron chi connectivity index (χ1n) is 8.39. The summed E-state index contributed by atoms with van der Waals surface area (Å²) in [6, 6.07) is 16.0. The van der Waals surface area contributed by atoms with E-state index in [1.54, 1.807) is 30.3 Å². The van der Waals surface area contributed by atoms with Crippen LogP contribution in [0.15, 0.2) is 59.5 Å². The largest absolute Gasteiger partial charge is 0.326 e. The second-order valence-corrected chi connectivity index (χ2v) is 8.31. The Bertz CT molecular complexity index is 850. The van der Waals surface area contributed by atoms with Crippen molar-refractivity contribution in [2.45, 2.75) is 24.7 Å². The molecule has 5 nitrogen and oxygen atoms in total. The van der Waals surface area contributed by atoms with Gasteiger partial charge < -0.3 is 5.32 Å². The van der Waals surface area contributed by atoms with E-state index in [9.17, 15) is 13.2 Å². The van der Waals surface area contributed by atoms with Crippen molar-refractivity contribution in [2.75, 3.05) is 18.4 Å². The zero-order valence-electron chi connectivity index (χ0n) is 14.2. The molecule has 1 amide bonds. The number of carbonyl (C=O) groups is 1. The Kier molecular flexibility index (Phi) is 5.20. The second kappa shape index (κ2) is 7.37. The van der Waals surface area contributed by atoms with Crippen molar-refractivity contribution in [1.29, 1.82) is 0 Å². The van der Waals surface area contributed by atoms with Crippen molar-refractivity contribution in [2.24, 2.45) is 5.92 Å². The number of rotatable bonds is 4. The molecule has 25 heavy (non-hydrogen) atoms. The number of nitrogens with zero attached hydrogens (tertiary/aromatic N) is 1. The lowest BCUT2D eigenvalue weighted by Crippen LogP contribution is -2.43. The van der Waals surface area contributed by atoms with E-state index in [0.29, 0.717) is 19.4 Å². The monoisotopic (exact) mass is 358 g/mol. The Balaban J connectivity index is 1.71. The van der Waals surface area contributed by atoms with Crippen LogP contribution in [-0.4, -0.2) is 31.7 Å². The van der Waals surface area contributed by atoms with E-state index in [4.69, 9.17) is 0 Å². The van der Waals surface area contributed by atoms with Gasteiger partial charge in [0, 0.05) is 18.8 Å². The smallest absolute Gasteiger partial charge is 0.243 e. The molecule has 2 aromatic rings. The minimum absolute atomic E-state index is 0.126. The van der Waals surface area contributed by atoms with E-state index in [2.05, 4.69) is 5.32 Å². The molecule has 0 bridgehead atoms. The summed E-state index contributed by atoms with van der Waals surface area (Å²) in [6.07, 6.45) is 1.37. The predicted molar refractivity (Wildman–Crippen MR) is 97.7 cm³/mol. The van der Waals surface area contributed by atoms with Gasteiger partial charge in [-0.3, -0.25) is 4.79 Å². The molecular weight excluding hydrogens is 336 g/mol. The van der Waals surface area contributed by atoms with Crippen molar-refractivity contribution in [3.05, 3.63) is 60.2 Å². The van der Waals surface area contributed by atoms with Gasteiger partial charge in [0.05, 0.1) is 10.8 Å². The number of amides is 1. The predicted octanol–water partition coefficient (Wildman–Crippen LogP) is 3.03. The van der Waals surface area contributed by atoms with E-state index in [1.807, 2.05) is 31.2 Å². The molecule has 0 aliphatic carbocycles. The SMILES string of the molecule is Cc1cccc(NC(=O)[C@H]2CCCN(S(=O)(=O)c3ccccc3)C2)c1. The summed E-state index contributed by atoms with van der Waals surface area (Å²) in [5.74, 6) is -0.466. The third-order valence-electron chi connectivity index (χ3n) is 4.42. The van der Waals surface area contributed by atoms with Crippen LogP contribution < -0.4 is 5.32 Å². The van der Waals surface area contributed by atoms with Crippen molar-refractivity contribution in [1.82, 2.24) is 4.31 Å². The van der Waals surface area contributed by atoms with E-state index >= 15 is 0 Å². The maximum absolute atomic E-state index is 12.8. The van der Waals surface area contributed by atoms with Crippen molar-refractivity contribution in [3.63, 3.8) is 0 Å². The molecule has 0 radical (unpaired) electrons. The molecule has 1 heterocycles. The molecule has 0 unspecified atom stereocenters. The van der Waals surface area contributed by atoms with E-state index < -0.39 is 10.0 Å². The quantitative estimate of drug-likeness (QED) is 0.913. The number of piperidine rings is 1. The van der Waals surface area contributed by atoms with Crippen molar-refractivity contribution < 1.29 is 13.2 Å². The topological polar surface area (TPSA) is 66.5 Å². The second-order valence-electron chi connectivity index (χ2n) is 6.37. The van der Waals surface area contributed by atoms with Crippen LogP contribution in [-0.2, 0) is 14.8 Å². The first-order chi connectivity index (χ1) is 12.0. The maximum atomic E-state index is 12.8. The Hall–Kier alpha value is -2.18. The number of hydrogen-bond donors (Lipinski definition) is 1. The number of hydrogen-bond acceptors (Lipinski definition) is 3. The number of nitrogens with one attached hydrogen (secondary N) is 1. The van der Waals surface area contributed by atoms with Gasteiger partial charge in [0.25, 0.3) is 0 Å². The van der Waals surface area contributed by atoms with Gasteiger partial charge in [-0.15, -0.1) is 0 Å². The highest BCUT2D eigenvalue weighted by atomic mass is 32.2. The minimum atomic E-state index is -3.55. The molecule has 132 valence electrons. The van der Waals surface area contributed by atoms with Crippen LogP contribution in [0.2, 0.25) is 0 Å². The number of benzene rings is 2. The average molecular weight is 358 g/mol. The summed E-state index contributed by atoms with van der Waals surface area (Å²) in [4.78, 5) is 12.8. The fourth-order valence-electron chi connectivity index (χ4n) is 3.08.